The molecule has 2 rings (SSSR count). The molecular formula is C15H20ClN3OS. The normalized spacial score (nSPS) is 13.1. The number of nitrogens with two attached hydrogens (primary N) is 1. The van der Waals surface area contributed by atoms with Crippen LogP contribution in [-0.2, 0) is 4.79 Å². The number of halogens is 1. The molecule has 114 valence electrons. The number of rotatable bonds is 5. The van der Waals surface area contributed by atoms with Gasteiger partial charge in [0.1, 0.15) is 5.01 Å². The van der Waals surface area contributed by atoms with Gasteiger partial charge in [0.2, 0.25) is 5.91 Å². The molecule has 0 bridgehead atoms. The zero-order chi connectivity index (χ0) is 14.5. The molecule has 0 radical (unpaired) electrons. The van der Waals surface area contributed by atoms with Gasteiger partial charge in [0.25, 0.3) is 0 Å². The molecule has 21 heavy (non-hydrogen) atoms. The van der Waals surface area contributed by atoms with Crippen LogP contribution < -0.4 is 11.1 Å². The molecule has 6 heteroatoms. The average molecular weight is 326 g/mol. The van der Waals surface area contributed by atoms with E-state index in [-0.39, 0.29) is 30.4 Å². The van der Waals surface area contributed by atoms with Gasteiger partial charge in [0, 0.05) is 23.4 Å². The summed E-state index contributed by atoms with van der Waals surface area (Å²) in [4.78, 5) is 16.3. The molecule has 0 saturated carbocycles. The van der Waals surface area contributed by atoms with Crippen LogP contribution in [0, 0.1) is 0 Å². The first kappa shape index (κ1) is 17.6. The van der Waals surface area contributed by atoms with Crippen molar-refractivity contribution in [2.24, 2.45) is 5.73 Å². The third-order valence-electron chi connectivity index (χ3n) is 2.85. The summed E-state index contributed by atoms with van der Waals surface area (Å²) in [6, 6.07) is 9.79. The van der Waals surface area contributed by atoms with Crippen molar-refractivity contribution in [3.63, 3.8) is 0 Å². The van der Waals surface area contributed by atoms with E-state index in [1.807, 2.05) is 49.6 Å². The van der Waals surface area contributed by atoms with E-state index in [0.29, 0.717) is 6.42 Å². The highest BCUT2D eigenvalue weighted by molar-refractivity contribution is 7.10. The Labute approximate surface area is 135 Å². The molecule has 2 atom stereocenters. The van der Waals surface area contributed by atoms with E-state index >= 15 is 0 Å². The quantitative estimate of drug-likeness (QED) is 0.887. The summed E-state index contributed by atoms with van der Waals surface area (Å²) in [6.45, 7) is 3.76. The number of carbonyl (C=O) groups excluding carboxylic acids is 1. The third-order valence-corrected chi connectivity index (χ3v) is 3.87. The number of hydrogen-bond donors (Lipinski definition) is 2. The maximum absolute atomic E-state index is 11.7. The van der Waals surface area contributed by atoms with Crippen molar-refractivity contribution in [1.82, 2.24) is 10.3 Å². The highest BCUT2D eigenvalue weighted by atomic mass is 35.5. The van der Waals surface area contributed by atoms with Crippen molar-refractivity contribution in [2.75, 3.05) is 0 Å². The molecule has 1 aromatic carbocycles. The first-order valence-electron chi connectivity index (χ1n) is 6.62. The van der Waals surface area contributed by atoms with E-state index in [1.165, 1.54) is 0 Å². The van der Waals surface area contributed by atoms with Crippen molar-refractivity contribution in [3.8, 4) is 11.3 Å². The van der Waals surface area contributed by atoms with Crippen molar-refractivity contribution < 1.29 is 4.79 Å². The number of hydrogen-bond acceptors (Lipinski definition) is 4. The van der Waals surface area contributed by atoms with Crippen LogP contribution in [0.1, 0.15) is 31.3 Å². The molecule has 0 saturated heterocycles. The van der Waals surface area contributed by atoms with Gasteiger partial charge >= 0.3 is 0 Å². The van der Waals surface area contributed by atoms with Crippen LogP contribution in [0.3, 0.4) is 0 Å². The van der Waals surface area contributed by atoms with Gasteiger partial charge in [0.05, 0.1) is 11.7 Å². The van der Waals surface area contributed by atoms with Crippen molar-refractivity contribution in [1.29, 1.82) is 0 Å². The lowest BCUT2D eigenvalue weighted by Gasteiger charge is -2.12. The van der Waals surface area contributed by atoms with Crippen LogP contribution >= 0.6 is 23.7 Å². The van der Waals surface area contributed by atoms with Crippen LogP contribution in [0.5, 0.6) is 0 Å². The molecule has 0 aliphatic heterocycles. The van der Waals surface area contributed by atoms with E-state index in [9.17, 15) is 4.79 Å². The minimum absolute atomic E-state index is 0. The van der Waals surface area contributed by atoms with Gasteiger partial charge in [-0.25, -0.2) is 4.98 Å². The first-order valence-corrected chi connectivity index (χ1v) is 7.50. The summed E-state index contributed by atoms with van der Waals surface area (Å²) in [5.41, 5.74) is 7.64. The number of thiazole rings is 1. The summed E-state index contributed by atoms with van der Waals surface area (Å²) in [5, 5.41) is 5.84. The molecule has 2 aromatic rings. The number of amides is 1. The fourth-order valence-electron chi connectivity index (χ4n) is 1.88. The number of nitrogens with zero attached hydrogens (tertiary/aromatic N) is 1. The maximum Gasteiger partial charge on any atom is 0.222 e. The molecule has 0 aliphatic carbocycles. The Kier molecular flexibility index (Phi) is 6.81. The largest absolute Gasteiger partial charge is 0.347 e. The molecule has 0 aliphatic rings. The summed E-state index contributed by atoms with van der Waals surface area (Å²) >= 11 is 1.56. The lowest BCUT2D eigenvalue weighted by molar-refractivity contribution is -0.122. The Hall–Kier alpha value is -1.43. The number of benzene rings is 1. The molecule has 1 aromatic heterocycles. The van der Waals surface area contributed by atoms with E-state index in [4.69, 9.17) is 5.73 Å². The third kappa shape index (κ3) is 5.12. The molecule has 1 heterocycles. The molecule has 0 fully saturated rings. The smallest absolute Gasteiger partial charge is 0.222 e. The monoisotopic (exact) mass is 325 g/mol. The van der Waals surface area contributed by atoms with Crippen molar-refractivity contribution >= 4 is 29.7 Å². The topological polar surface area (TPSA) is 68.0 Å². The summed E-state index contributed by atoms with van der Waals surface area (Å²) in [5.74, 6) is -0.0380. The second-order valence-electron chi connectivity index (χ2n) is 4.91. The maximum atomic E-state index is 11.7. The lowest BCUT2D eigenvalue weighted by Crippen LogP contribution is -2.31. The van der Waals surface area contributed by atoms with E-state index in [2.05, 4.69) is 10.3 Å². The van der Waals surface area contributed by atoms with Crippen LogP contribution in [0.25, 0.3) is 11.3 Å². The van der Waals surface area contributed by atoms with Crippen molar-refractivity contribution in [3.05, 3.63) is 40.7 Å². The Morgan fingerprint density at radius 3 is 2.62 bits per heavy atom. The minimum Gasteiger partial charge on any atom is -0.347 e. The molecule has 0 spiro atoms. The fourth-order valence-corrected chi connectivity index (χ4v) is 2.72. The number of carbonyl (C=O) groups is 1. The SMILES string of the molecule is CC(N)CC(=O)NC(C)c1nc(-c2ccccc2)cs1.Cl. The highest BCUT2D eigenvalue weighted by Gasteiger charge is 2.14. The Morgan fingerprint density at radius 2 is 2.00 bits per heavy atom. The van der Waals surface area contributed by atoms with Gasteiger partial charge in [-0.2, -0.15) is 0 Å². The molecule has 3 N–H and O–H groups in total. The zero-order valence-corrected chi connectivity index (χ0v) is 13.7. The predicted molar refractivity (Wildman–Crippen MR) is 89.6 cm³/mol. The zero-order valence-electron chi connectivity index (χ0n) is 12.1. The van der Waals surface area contributed by atoms with Crippen LogP contribution in [0.4, 0.5) is 0 Å². The minimum atomic E-state index is -0.127. The van der Waals surface area contributed by atoms with Gasteiger partial charge in [-0.15, -0.1) is 23.7 Å². The van der Waals surface area contributed by atoms with Gasteiger partial charge in [-0.05, 0) is 13.8 Å². The second-order valence-corrected chi connectivity index (χ2v) is 5.80. The highest BCUT2D eigenvalue weighted by Crippen LogP contribution is 2.25. The lowest BCUT2D eigenvalue weighted by atomic mass is 10.2. The molecular weight excluding hydrogens is 306 g/mol. The first-order chi connectivity index (χ1) is 9.56. The fraction of sp³-hybridized carbons (Fsp3) is 0.333. The Morgan fingerprint density at radius 1 is 1.33 bits per heavy atom. The Balaban J connectivity index is 0.00000220. The Bertz CT molecular complexity index is 571. The van der Waals surface area contributed by atoms with Gasteiger partial charge < -0.3 is 11.1 Å². The summed E-state index contributed by atoms with van der Waals surface area (Å²) < 4.78 is 0. The summed E-state index contributed by atoms with van der Waals surface area (Å²) in [6.07, 6.45) is 0.335. The standard InChI is InChI=1S/C15H19N3OS.ClH/c1-10(16)8-14(19)17-11(2)15-18-13(9-20-15)12-6-4-3-5-7-12;/h3-7,9-11H,8,16H2,1-2H3,(H,17,19);1H. The average Bonchev–Trinajstić information content (AvgIpc) is 2.88. The van der Waals surface area contributed by atoms with E-state index in [1.54, 1.807) is 11.3 Å². The van der Waals surface area contributed by atoms with Crippen LogP contribution in [0.2, 0.25) is 0 Å². The summed E-state index contributed by atoms with van der Waals surface area (Å²) in [7, 11) is 0. The molecule has 1 amide bonds. The van der Waals surface area contributed by atoms with E-state index < -0.39 is 0 Å². The predicted octanol–water partition coefficient (Wildman–Crippen LogP) is 3.15. The van der Waals surface area contributed by atoms with Crippen LogP contribution in [0.15, 0.2) is 35.7 Å². The van der Waals surface area contributed by atoms with Gasteiger partial charge in [-0.3, -0.25) is 4.79 Å². The molecule has 2 unspecified atom stereocenters. The molecule has 4 nitrogen and oxygen atoms in total. The van der Waals surface area contributed by atoms with E-state index in [0.717, 1.165) is 16.3 Å². The van der Waals surface area contributed by atoms with Crippen LogP contribution in [-0.4, -0.2) is 16.9 Å². The number of nitrogens with one attached hydrogen (secondary N) is 1. The van der Waals surface area contributed by atoms with Crippen molar-refractivity contribution in [2.45, 2.75) is 32.4 Å². The van der Waals surface area contributed by atoms with Gasteiger partial charge in [0.15, 0.2) is 0 Å². The second kappa shape index (κ2) is 8.12. The van der Waals surface area contributed by atoms with Gasteiger partial charge in [-0.1, -0.05) is 30.3 Å². The number of aromatic nitrogens is 1.